The normalized spacial score (nSPS) is 13.9. The number of nitrogens with one attached hydrogen (secondary N) is 1. The Bertz CT molecular complexity index is 544. The molecule has 0 heterocycles. The first kappa shape index (κ1) is 16.4. The monoisotopic (exact) mass is 319 g/mol. The quantitative estimate of drug-likeness (QED) is 0.670. The number of halogens is 1. The van der Waals surface area contributed by atoms with Crippen LogP contribution in [0.5, 0.6) is 0 Å². The lowest BCUT2D eigenvalue weighted by Gasteiger charge is -2.25. The minimum absolute atomic E-state index is 0.326. The van der Waals surface area contributed by atoms with E-state index < -0.39 is 0 Å². The van der Waals surface area contributed by atoms with Crippen LogP contribution >= 0.6 is 23.4 Å². The van der Waals surface area contributed by atoms with Gasteiger partial charge in [-0.2, -0.15) is 0 Å². The second-order valence-corrected chi connectivity index (χ2v) is 6.92. The number of benzene rings is 2. The van der Waals surface area contributed by atoms with Crippen LogP contribution in [0.2, 0.25) is 5.02 Å². The highest BCUT2D eigenvalue weighted by Gasteiger charge is 2.20. The fourth-order valence-corrected chi connectivity index (χ4v) is 3.72. The van der Waals surface area contributed by atoms with Crippen molar-refractivity contribution in [3.8, 4) is 0 Å². The summed E-state index contributed by atoms with van der Waals surface area (Å²) in [5, 5.41) is 4.89. The fraction of sp³-hybridized carbons (Fsp3) is 0.333. The zero-order valence-electron chi connectivity index (χ0n) is 12.6. The lowest BCUT2D eigenvalue weighted by atomic mass is 10.0. The summed E-state index contributed by atoms with van der Waals surface area (Å²) in [5.74, 6) is 0. The van der Waals surface area contributed by atoms with Crippen molar-refractivity contribution in [1.82, 2.24) is 5.32 Å². The van der Waals surface area contributed by atoms with Gasteiger partial charge in [-0.3, -0.25) is 0 Å². The molecule has 0 aliphatic heterocycles. The zero-order valence-corrected chi connectivity index (χ0v) is 14.1. The molecule has 0 aromatic heterocycles. The highest BCUT2D eigenvalue weighted by Crippen LogP contribution is 2.35. The van der Waals surface area contributed by atoms with Gasteiger partial charge in [-0.25, -0.2) is 0 Å². The molecular weight excluding hydrogens is 298 g/mol. The molecule has 21 heavy (non-hydrogen) atoms. The van der Waals surface area contributed by atoms with Gasteiger partial charge < -0.3 is 5.32 Å². The number of hydrogen-bond acceptors (Lipinski definition) is 2. The summed E-state index contributed by atoms with van der Waals surface area (Å²) >= 11 is 8.11. The summed E-state index contributed by atoms with van der Waals surface area (Å²) in [5.41, 5.74) is 1.33. The average Bonchev–Trinajstić information content (AvgIpc) is 2.51. The van der Waals surface area contributed by atoms with E-state index in [1.807, 2.05) is 30.0 Å². The molecule has 112 valence electrons. The largest absolute Gasteiger partial charge is 0.309 e. The molecule has 0 aliphatic rings. The van der Waals surface area contributed by atoms with Crippen LogP contribution in [-0.2, 0) is 0 Å². The van der Waals surface area contributed by atoms with Crippen molar-refractivity contribution in [2.75, 3.05) is 6.54 Å². The SMILES string of the molecule is CCCNC(c1ccccc1)C(C)Sc1ccccc1Cl. The Balaban J connectivity index is 2.14. The van der Waals surface area contributed by atoms with Crippen molar-refractivity contribution in [2.45, 2.75) is 36.5 Å². The van der Waals surface area contributed by atoms with Crippen LogP contribution in [0.15, 0.2) is 59.5 Å². The Morgan fingerprint density at radius 1 is 1.05 bits per heavy atom. The maximum atomic E-state index is 6.28. The molecule has 0 spiro atoms. The molecule has 1 N–H and O–H groups in total. The van der Waals surface area contributed by atoms with E-state index in [2.05, 4.69) is 55.6 Å². The number of rotatable bonds is 7. The van der Waals surface area contributed by atoms with Crippen molar-refractivity contribution in [2.24, 2.45) is 0 Å². The van der Waals surface area contributed by atoms with Crippen LogP contribution in [0.25, 0.3) is 0 Å². The molecule has 1 nitrogen and oxygen atoms in total. The first-order valence-electron chi connectivity index (χ1n) is 7.42. The molecule has 2 atom stereocenters. The van der Waals surface area contributed by atoms with E-state index in [0.717, 1.165) is 22.9 Å². The maximum Gasteiger partial charge on any atom is 0.0541 e. The van der Waals surface area contributed by atoms with E-state index in [-0.39, 0.29) is 0 Å². The van der Waals surface area contributed by atoms with Gasteiger partial charge in [-0.15, -0.1) is 11.8 Å². The third-order valence-electron chi connectivity index (χ3n) is 3.39. The van der Waals surface area contributed by atoms with Gasteiger partial charge in [-0.1, -0.05) is 67.9 Å². The predicted octanol–water partition coefficient (Wildman–Crippen LogP) is 5.56. The Morgan fingerprint density at radius 3 is 2.38 bits per heavy atom. The van der Waals surface area contributed by atoms with Crippen LogP contribution in [0.1, 0.15) is 31.9 Å². The number of thioether (sulfide) groups is 1. The molecule has 2 aromatic rings. The van der Waals surface area contributed by atoms with Crippen LogP contribution in [-0.4, -0.2) is 11.8 Å². The maximum absolute atomic E-state index is 6.28. The highest BCUT2D eigenvalue weighted by molar-refractivity contribution is 8.00. The zero-order chi connectivity index (χ0) is 15.1. The molecule has 0 radical (unpaired) electrons. The Labute approximate surface area is 137 Å². The molecule has 2 aromatic carbocycles. The van der Waals surface area contributed by atoms with Gasteiger partial charge in [0.15, 0.2) is 0 Å². The lowest BCUT2D eigenvalue weighted by molar-refractivity contribution is 0.528. The van der Waals surface area contributed by atoms with Gasteiger partial charge in [0.1, 0.15) is 0 Å². The highest BCUT2D eigenvalue weighted by atomic mass is 35.5. The third-order valence-corrected chi connectivity index (χ3v) is 5.09. The van der Waals surface area contributed by atoms with Crippen LogP contribution in [0.3, 0.4) is 0 Å². The average molecular weight is 320 g/mol. The molecule has 0 fully saturated rings. The summed E-state index contributed by atoms with van der Waals surface area (Å²) < 4.78 is 0. The molecule has 0 saturated heterocycles. The van der Waals surface area contributed by atoms with E-state index >= 15 is 0 Å². The second kappa shape index (κ2) is 8.47. The van der Waals surface area contributed by atoms with E-state index in [0.29, 0.717) is 11.3 Å². The summed E-state index contributed by atoms with van der Waals surface area (Å²) in [4.78, 5) is 1.14. The molecular formula is C18H22ClNS. The van der Waals surface area contributed by atoms with Gasteiger partial charge in [0.05, 0.1) is 5.02 Å². The molecule has 2 unspecified atom stereocenters. The van der Waals surface area contributed by atoms with Gasteiger partial charge in [0.25, 0.3) is 0 Å². The molecule has 2 rings (SSSR count). The Kier molecular flexibility index (Phi) is 6.62. The van der Waals surface area contributed by atoms with E-state index in [1.54, 1.807) is 0 Å². The second-order valence-electron chi connectivity index (χ2n) is 5.10. The van der Waals surface area contributed by atoms with Crippen LogP contribution in [0.4, 0.5) is 0 Å². The standard InChI is InChI=1S/C18H22ClNS/c1-3-13-20-18(15-9-5-4-6-10-15)14(2)21-17-12-8-7-11-16(17)19/h4-12,14,18,20H,3,13H2,1-2H3. The van der Waals surface area contributed by atoms with E-state index in [9.17, 15) is 0 Å². The van der Waals surface area contributed by atoms with Gasteiger partial charge >= 0.3 is 0 Å². The van der Waals surface area contributed by atoms with E-state index in [4.69, 9.17) is 11.6 Å². The van der Waals surface area contributed by atoms with Gasteiger partial charge in [0.2, 0.25) is 0 Å². The molecule has 0 aliphatic carbocycles. The Morgan fingerprint density at radius 2 is 1.71 bits per heavy atom. The summed E-state index contributed by atoms with van der Waals surface area (Å²) in [6.07, 6.45) is 1.13. The first-order valence-corrected chi connectivity index (χ1v) is 8.67. The molecule has 0 amide bonds. The van der Waals surface area contributed by atoms with Crippen molar-refractivity contribution in [3.05, 3.63) is 65.2 Å². The summed E-state index contributed by atoms with van der Waals surface area (Å²) in [6, 6.07) is 19.0. The summed E-state index contributed by atoms with van der Waals surface area (Å²) in [7, 11) is 0. The van der Waals surface area contributed by atoms with Crippen LogP contribution < -0.4 is 5.32 Å². The topological polar surface area (TPSA) is 12.0 Å². The van der Waals surface area contributed by atoms with Gasteiger partial charge in [-0.05, 0) is 30.7 Å². The van der Waals surface area contributed by atoms with E-state index in [1.165, 1.54) is 5.56 Å². The van der Waals surface area contributed by atoms with Crippen molar-refractivity contribution in [1.29, 1.82) is 0 Å². The lowest BCUT2D eigenvalue weighted by Crippen LogP contribution is -2.29. The van der Waals surface area contributed by atoms with Crippen molar-refractivity contribution < 1.29 is 0 Å². The molecule has 3 heteroatoms. The van der Waals surface area contributed by atoms with Crippen molar-refractivity contribution in [3.63, 3.8) is 0 Å². The summed E-state index contributed by atoms with van der Waals surface area (Å²) in [6.45, 7) is 5.47. The number of hydrogen-bond donors (Lipinski definition) is 1. The molecule has 0 saturated carbocycles. The third kappa shape index (κ3) is 4.77. The minimum atomic E-state index is 0.326. The molecule has 0 bridgehead atoms. The predicted molar refractivity (Wildman–Crippen MR) is 94.2 cm³/mol. The smallest absolute Gasteiger partial charge is 0.0541 e. The van der Waals surface area contributed by atoms with Gasteiger partial charge in [0, 0.05) is 16.2 Å². The Hall–Kier alpha value is -0.960. The minimum Gasteiger partial charge on any atom is -0.309 e. The fourth-order valence-electron chi connectivity index (χ4n) is 2.32. The first-order chi connectivity index (χ1) is 10.2. The van der Waals surface area contributed by atoms with Crippen LogP contribution in [0, 0.1) is 0 Å². The van der Waals surface area contributed by atoms with Crippen molar-refractivity contribution >= 4 is 23.4 Å².